The van der Waals surface area contributed by atoms with Crippen molar-refractivity contribution in [3.05, 3.63) is 138 Å². The molecule has 0 radical (unpaired) electrons. The summed E-state index contributed by atoms with van der Waals surface area (Å²) in [5, 5.41) is 0. The van der Waals surface area contributed by atoms with Crippen molar-refractivity contribution < 1.29 is 17.7 Å². The van der Waals surface area contributed by atoms with Crippen LogP contribution in [0.15, 0.2) is 121 Å². The molecular weight excluding hydrogens is 416 g/mol. The molecule has 0 aliphatic rings. The molecule has 5 heteroatoms. The van der Waals surface area contributed by atoms with Crippen LogP contribution in [0, 0.1) is 0 Å². The maximum absolute atomic E-state index is 6.34. The van der Waals surface area contributed by atoms with Gasteiger partial charge >= 0.3 is 9.05 Å². The number of para-hydroxylation sites is 1. The maximum Gasteiger partial charge on any atom is 0.750 e. The minimum Gasteiger partial charge on any atom is -0.480 e. The van der Waals surface area contributed by atoms with E-state index in [1.165, 1.54) is 0 Å². The van der Waals surface area contributed by atoms with Gasteiger partial charge < -0.3 is 17.7 Å². The van der Waals surface area contributed by atoms with Gasteiger partial charge in [0.1, 0.15) is 5.75 Å². The van der Waals surface area contributed by atoms with Gasteiger partial charge in [-0.2, -0.15) is 0 Å². The molecule has 0 aromatic heterocycles. The Balaban J connectivity index is 1.59. The van der Waals surface area contributed by atoms with E-state index in [1.807, 2.05) is 121 Å². The minimum absolute atomic E-state index is 0.323. The van der Waals surface area contributed by atoms with Crippen LogP contribution in [0.2, 0.25) is 0 Å². The van der Waals surface area contributed by atoms with Crippen LogP contribution in [-0.2, 0) is 33.1 Å². The second-order valence-corrected chi connectivity index (χ2v) is 9.31. The van der Waals surface area contributed by atoms with E-state index in [1.54, 1.807) is 0 Å². The van der Waals surface area contributed by atoms with Gasteiger partial charge in [-0.3, -0.25) is 0 Å². The average Bonchev–Trinajstić information content (AvgIpc) is 2.87. The van der Waals surface area contributed by atoms with Gasteiger partial charge in [0.15, 0.2) is 0 Å². The second kappa shape index (κ2) is 11.4. The molecule has 4 rings (SSSR count). The Kier molecular flexibility index (Phi) is 7.84. The monoisotopic (exact) mass is 442 g/mol. The molecule has 0 saturated carbocycles. The average molecular weight is 443 g/mol. The van der Waals surface area contributed by atoms with E-state index in [0.29, 0.717) is 25.6 Å². The minimum atomic E-state index is -3.58. The van der Waals surface area contributed by atoms with Crippen LogP contribution >= 0.6 is 0 Å². The molecule has 32 heavy (non-hydrogen) atoms. The summed E-state index contributed by atoms with van der Waals surface area (Å²) in [5.74, 6) is 0.647. The Labute approximate surface area is 190 Å². The van der Waals surface area contributed by atoms with Gasteiger partial charge in [0.2, 0.25) is 0 Å². The summed E-state index contributed by atoms with van der Waals surface area (Å²) in [5.41, 5.74) is 3.06. The van der Waals surface area contributed by atoms with E-state index in [0.717, 1.165) is 16.7 Å². The van der Waals surface area contributed by atoms with E-state index in [4.69, 9.17) is 17.7 Å². The van der Waals surface area contributed by atoms with Crippen LogP contribution in [0.3, 0.4) is 0 Å². The van der Waals surface area contributed by atoms with Crippen LogP contribution in [0.4, 0.5) is 0 Å². The van der Waals surface area contributed by atoms with Gasteiger partial charge in [-0.1, -0.05) is 109 Å². The van der Waals surface area contributed by atoms with Crippen molar-refractivity contribution in [2.45, 2.75) is 19.8 Å². The summed E-state index contributed by atoms with van der Waals surface area (Å²) in [6, 6.07) is 39.4. The molecule has 4 aromatic carbocycles. The quantitative estimate of drug-likeness (QED) is 0.261. The Hall–Kier alpha value is -3.22. The lowest BCUT2D eigenvalue weighted by Gasteiger charge is -2.28. The molecule has 4 aromatic rings. The standard InChI is InChI=1S/C27H26O4Si/c1-5-13-24(14-6-1)21-28-32(31-27-19-11-4-12-20-27,29-22-25-15-7-2-8-16-25)30-23-26-17-9-3-10-18-26/h1-20H,21-23H2. The summed E-state index contributed by atoms with van der Waals surface area (Å²) in [6.45, 7) is 0.969. The highest BCUT2D eigenvalue weighted by Crippen LogP contribution is 2.23. The molecule has 4 nitrogen and oxygen atoms in total. The second-order valence-electron chi connectivity index (χ2n) is 7.24. The Morgan fingerprint density at radius 3 is 1.06 bits per heavy atom. The van der Waals surface area contributed by atoms with Gasteiger partial charge in [-0.05, 0) is 28.8 Å². The zero-order valence-corrected chi connectivity index (χ0v) is 18.8. The van der Waals surface area contributed by atoms with Crippen molar-refractivity contribution in [3.63, 3.8) is 0 Å². The largest absolute Gasteiger partial charge is 0.750 e. The topological polar surface area (TPSA) is 36.9 Å². The highest BCUT2D eigenvalue weighted by molar-refractivity contribution is 6.54. The van der Waals surface area contributed by atoms with Gasteiger partial charge in [0.05, 0.1) is 19.8 Å². The number of rotatable bonds is 11. The van der Waals surface area contributed by atoms with Crippen molar-refractivity contribution in [1.82, 2.24) is 0 Å². The van der Waals surface area contributed by atoms with Crippen molar-refractivity contribution in [2.75, 3.05) is 0 Å². The zero-order chi connectivity index (χ0) is 21.9. The van der Waals surface area contributed by atoms with E-state index in [-0.39, 0.29) is 0 Å². The lowest BCUT2D eigenvalue weighted by Crippen LogP contribution is -2.51. The third-order valence-electron chi connectivity index (χ3n) is 4.76. The molecule has 0 bridgehead atoms. The fraction of sp³-hybridized carbons (Fsp3) is 0.111. The van der Waals surface area contributed by atoms with Crippen LogP contribution < -0.4 is 4.43 Å². The van der Waals surface area contributed by atoms with Gasteiger partial charge in [-0.25, -0.2) is 0 Å². The van der Waals surface area contributed by atoms with Crippen LogP contribution in [-0.4, -0.2) is 9.05 Å². The van der Waals surface area contributed by atoms with Crippen molar-refractivity contribution in [1.29, 1.82) is 0 Å². The van der Waals surface area contributed by atoms with E-state index in [9.17, 15) is 0 Å². The zero-order valence-electron chi connectivity index (χ0n) is 17.8. The summed E-state index contributed by atoms with van der Waals surface area (Å²) >= 11 is 0. The number of benzene rings is 4. The first kappa shape index (κ1) is 22.0. The predicted molar refractivity (Wildman–Crippen MR) is 127 cm³/mol. The van der Waals surface area contributed by atoms with Gasteiger partial charge in [0.25, 0.3) is 0 Å². The first-order valence-corrected chi connectivity index (χ1v) is 12.2. The molecule has 0 amide bonds. The molecule has 0 heterocycles. The van der Waals surface area contributed by atoms with Crippen LogP contribution in [0.1, 0.15) is 16.7 Å². The Morgan fingerprint density at radius 2 is 0.719 bits per heavy atom. The molecule has 0 N–H and O–H groups in total. The Morgan fingerprint density at radius 1 is 0.406 bits per heavy atom. The molecule has 0 unspecified atom stereocenters. The van der Waals surface area contributed by atoms with E-state index < -0.39 is 9.05 Å². The first-order chi connectivity index (χ1) is 15.8. The fourth-order valence-electron chi connectivity index (χ4n) is 3.08. The molecular formula is C27H26O4Si. The third-order valence-corrected chi connectivity index (χ3v) is 6.74. The van der Waals surface area contributed by atoms with Crippen LogP contribution in [0.5, 0.6) is 5.75 Å². The molecule has 0 spiro atoms. The van der Waals surface area contributed by atoms with Gasteiger partial charge in [-0.15, -0.1) is 0 Å². The fourth-order valence-corrected chi connectivity index (χ4v) is 4.97. The third kappa shape index (κ3) is 6.64. The summed E-state index contributed by atoms with van der Waals surface area (Å²) in [4.78, 5) is 0. The molecule has 0 aliphatic heterocycles. The molecule has 0 atom stereocenters. The molecule has 0 aliphatic carbocycles. The van der Waals surface area contributed by atoms with Crippen molar-refractivity contribution in [2.24, 2.45) is 0 Å². The maximum atomic E-state index is 6.34. The number of hydrogen-bond donors (Lipinski definition) is 0. The summed E-state index contributed by atoms with van der Waals surface area (Å²) < 4.78 is 25.3. The van der Waals surface area contributed by atoms with E-state index in [2.05, 4.69) is 0 Å². The smallest absolute Gasteiger partial charge is 0.480 e. The lowest BCUT2D eigenvalue weighted by atomic mass is 10.2. The molecule has 0 saturated heterocycles. The van der Waals surface area contributed by atoms with Crippen molar-refractivity contribution >= 4 is 9.05 Å². The normalized spacial score (nSPS) is 11.2. The van der Waals surface area contributed by atoms with Crippen LogP contribution in [0.25, 0.3) is 0 Å². The number of hydrogen-bond acceptors (Lipinski definition) is 4. The Bertz CT molecular complexity index is 938. The predicted octanol–water partition coefficient (Wildman–Crippen LogP) is 6.15. The summed E-state index contributed by atoms with van der Waals surface area (Å²) in [6.07, 6.45) is 0. The van der Waals surface area contributed by atoms with Crippen molar-refractivity contribution in [3.8, 4) is 5.75 Å². The van der Waals surface area contributed by atoms with Gasteiger partial charge in [0, 0.05) is 0 Å². The first-order valence-electron chi connectivity index (χ1n) is 10.6. The molecule has 0 fully saturated rings. The highest BCUT2D eigenvalue weighted by Gasteiger charge is 2.49. The lowest BCUT2D eigenvalue weighted by molar-refractivity contribution is -0.0145. The SMILES string of the molecule is c1ccc(CO[Si](OCc2ccccc2)(OCc2ccccc2)Oc2ccccc2)cc1. The molecule has 162 valence electrons. The van der Waals surface area contributed by atoms with E-state index >= 15 is 0 Å². The summed E-state index contributed by atoms with van der Waals surface area (Å²) in [7, 11) is -3.58. The highest BCUT2D eigenvalue weighted by atomic mass is 28.4.